The molecule has 0 aliphatic heterocycles. The third-order valence-electron chi connectivity index (χ3n) is 12.2. The van der Waals surface area contributed by atoms with Crippen LogP contribution in [0.4, 0.5) is 0 Å². The molecule has 0 aromatic carbocycles. The van der Waals surface area contributed by atoms with Gasteiger partial charge in [-0.25, -0.2) is 0 Å². The van der Waals surface area contributed by atoms with Crippen molar-refractivity contribution in [3.05, 3.63) is 0 Å². The number of esters is 1. The highest BCUT2D eigenvalue weighted by Crippen LogP contribution is 2.98. The van der Waals surface area contributed by atoms with E-state index >= 15 is 0 Å². The van der Waals surface area contributed by atoms with Gasteiger partial charge in [0.2, 0.25) is 0 Å². The fourth-order valence-electron chi connectivity index (χ4n) is 13.0. The number of fused-ring (bicyclic) bond motifs is 1. The fraction of sp³-hybridized carbons (Fsp3) is 0.955. The summed E-state index contributed by atoms with van der Waals surface area (Å²) in [6.45, 7) is 2.45. The van der Waals surface area contributed by atoms with Crippen LogP contribution in [0, 0.1) is 75.9 Å². The molecule has 0 saturated heterocycles. The van der Waals surface area contributed by atoms with Crippen LogP contribution in [0.5, 0.6) is 0 Å². The van der Waals surface area contributed by atoms with E-state index in [1.54, 1.807) is 7.11 Å². The standard InChI is InChI=1S/C22H28O3/c1-20-15-8-4-3-5-9(8)16-13(15)14-17-10-6-7-11(12(10)18(14)20)22(20,24)21(16,17)19(23)25-2/h8-18,24H,3-7H2,1-2H3/t8-,9+,10+,11-,12+,13+,14+,15-,16-,17+,18+,20-,21-,22-/m0/s1. The van der Waals surface area contributed by atoms with Crippen LogP contribution in [-0.2, 0) is 9.53 Å². The predicted molar refractivity (Wildman–Crippen MR) is 89.0 cm³/mol. The number of hydrogen-bond donors (Lipinski definition) is 1. The van der Waals surface area contributed by atoms with Crippen molar-refractivity contribution in [3.8, 4) is 0 Å². The smallest absolute Gasteiger partial charge is 0.315 e. The molecular formula is C22H28O3. The van der Waals surface area contributed by atoms with Gasteiger partial charge < -0.3 is 9.84 Å². The second kappa shape index (κ2) is 3.34. The highest BCUT2D eigenvalue weighted by molar-refractivity contribution is 5.83. The van der Waals surface area contributed by atoms with E-state index in [0.29, 0.717) is 35.5 Å². The van der Waals surface area contributed by atoms with Gasteiger partial charge in [-0.3, -0.25) is 4.79 Å². The molecule has 1 N–H and O–H groups in total. The Bertz CT molecular complexity index is 762. The van der Waals surface area contributed by atoms with Gasteiger partial charge >= 0.3 is 5.97 Å². The quantitative estimate of drug-likeness (QED) is 0.747. The Kier molecular flexibility index (Phi) is 1.81. The lowest BCUT2D eigenvalue weighted by atomic mass is 9.43. The Morgan fingerprint density at radius 2 is 1.60 bits per heavy atom. The Morgan fingerprint density at radius 1 is 0.920 bits per heavy atom. The minimum Gasteiger partial charge on any atom is -0.468 e. The molecular weight excluding hydrogens is 312 g/mol. The molecule has 0 aromatic rings. The summed E-state index contributed by atoms with van der Waals surface area (Å²) in [6.07, 6.45) is 6.43. The second-order valence-electron chi connectivity index (χ2n) is 11.4. The van der Waals surface area contributed by atoms with E-state index in [4.69, 9.17) is 4.74 Å². The average molecular weight is 340 g/mol. The zero-order chi connectivity index (χ0) is 16.7. The van der Waals surface area contributed by atoms with Gasteiger partial charge in [-0.15, -0.1) is 0 Å². The van der Waals surface area contributed by atoms with Crippen LogP contribution >= 0.6 is 0 Å². The number of hydrogen-bond acceptors (Lipinski definition) is 3. The molecule has 0 radical (unpaired) electrons. The van der Waals surface area contributed by atoms with E-state index in [1.807, 2.05) is 0 Å². The first-order valence-electron chi connectivity index (χ1n) is 10.9. The van der Waals surface area contributed by atoms with Crippen molar-refractivity contribution in [2.75, 3.05) is 7.11 Å². The zero-order valence-corrected chi connectivity index (χ0v) is 15.2. The Labute approximate surface area is 148 Å². The van der Waals surface area contributed by atoms with E-state index in [1.165, 1.54) is 32.1 Å². The molecule has 0 spiro atoms. The third kappa shape index (κ3) is 0.822. The second-order valence-corrected chi connectivity index (χ2v) is 11.4. The molecule has 14 atom stereocenters. The summed E-state index contributed by atoms with van der Waals surface area (Å²) in [6, 6.07) is 0. The average Bonchev–Trinajstić information content (AvgIpc) is 3.34. The molecule has 9 aliphatic rings. The van der Waals surface area contributed by atoms with Gasteiger partial charge in [0, 0.05) is 5.41 Å². The summed E-state index contributed by atoms with van der Waals surface area (Å²) in [5.74, 6) is 7.12. The maximum absolute atomic E-state index is 13.6. The van der Waals surface area contributed by atoms with Crippen LogP contribution in [0.15, 0.2) is 0 Å². The number of carbonyl (C=O) groups is 1. The molecule has 0 aromatic heterocycles. The molecule has 3 heteroatoms. The van der Waals surface area contributed by atoms with Crippen molar-refractivity contribution >= 4 is 5.97 Å². The van der Waals surface area contributed by atoms with E-state index in [-0.39, 0.29) is 11.4 Å². The molecule has 9 saturated carbocycles. The topological polar surface area (TPSA) is 46.5 Å². The van der Waals surface area contributed by atoms with Gasteiger partial charge in [0.05, 0.1) is 12.7 Å². The van der Waals surface area contributed by atoms with Crippen LogP contribution in [0.3, 0.4) is 0 Å². The van der Waals surface area contributed by atoms with E-state index in [2.05, 4.69) is 6.92 Å². The van der Waals surface area contributed by atoms with Crippen molar-refractivity contribution < 1.29 is 14.6 Å². The molecule has 3 nitrogen and oxygen atoms in total. The monoisotopic (exact) mass is 340 g/mol. The summed E-state index contributed by atoms with van der Waals surface area (Å²) in [4.78, 5) is 13.6. The maximum Gasteiger partial charge on any atom is 0.315 e. The maximum atomic E-state index is 13.6. The molecule has 9 bridgehead atoms. The van der Waals surface area contributed by atoms with Crippen LogP contribution in [-0.4, -0.2) is 23.8 Å². The fourth-order valence-corrected chi connectivity index (χ4v) is 13.0. The lowest BCUT2D eigenvalue weighted by Crippen LogP contribution is -2.72. The summed E-state index contributed by atoms with van der Waals surface area (Å²) in [5, 5.41) is 12.6. The van der Waals surface area contributed by atoms with Crippen molar-refractivity contribution in [1.82, 2.24) is 0 Å². The molecule has 0 heterocycles. The number of aliphatic hydroxyl groups is 1. The van der Waals surface area contributed by atoms with E-state index in [0.717, 1.165) is 29.6 Å². The highest BCUT2D eigenvalue weighted by atomic mass is 16.5. The van der Waals surface area contributed by atoms with Crippen LogP contribution in [0.1, 0.15) is 39.0 Å². The van der Waals surface area contributed by atoms with Crippen molar-refractivity contribution in [2.24, 2.45) is 75.9 Å². The normalized spacial score (nSPS) is 76.8. The van der Waals surface area contributed by atoms with Gasteiger partial charge in [0.25, 0.3) is 0 Å². The summed E-state index contributed by atoms with van der Waals surface area (Å²) in [5.41, 5.74) is -1.30. The minimum absolute atomic E-state index is 0.00220. The van der Waals surface area contributed by atoms with Crippen molar-refractivity contribution in [2.45, 2.75) is 44.6 Å². The lowest BCUT2D eigenvalue weighted by Gasteiger charge is -2.62. The van der Waals surface area contributed by atoms with Gasteiger partial charge in [0.1, 0.15) is 5.41 Å². The molecule has 9 aliphatic carbocycles. The SMILES string of the molecule is COC(=O)[C@@]12[C@@H]3[C@@H]4CC[C@H]5[C@@H]4[C@@H]4[C@@H]3[C@@H]3[C@H]([C@H]6CCC[C@H]6[C@@H]31)[C@]4(C)[C@@]52O. The first-order chi connectivity index (χ1) is 12.1. The van der Waals surface area contributed by atoms with Crippen molar-refractivity contribution in [1.29, 1.82) is 0 Å². The number of ether oxygens (including phenoxy) is 1. The first kappa shape index (κ1) is 13.6. The van der Waals surface area contributed by atoms with Crippen LogP contribution < -0.4 is 0 Å². The number of carbonyl (C=O) groups excluding carboxylic acids is 1. The highest BCUT2D eigenvalue weighted by Gasteiger charge is 3.01. The van der Waals surface area contributed by atoms with Gasteiger partial charge in [-0.1, -0.05) is 13.3 Å². The summed E-state index contributed by atoms with van der Waals surface area (Å²) >= 11 is 0. The summed E-state index contributed by atoms with van der Waals surface area (Å²) in [7, 11) is 1.58. The van der Waals surface area contributed by atoms with E-state index in [9.17, 15) is 9.90 Å². The van der Waals surface area contributed by atoms with Crippen LogP contribution in [0.25, 0.3) is 0 Å². The molecule has 25 heavy (non-hydrogen) atoms. The number of rotatable bonds is 1. The summed E-state index contributed by atoms with van der Waals surface area (Å²) < 4.78 is 5.56. The molecule has 0 amide bonds. The van der Waals surface area contributed by atoms with Crippen molar-refractivity contribution in [3.63, 3.8) is 0 Å². The molecule has 9 rings (SSSR count). The Morgan fingerprint density at radius 3 is 2.36 bits per heavy atom. The molecule has 9 fully saturated rings. The molecule has 0 unspecified atom stereocenters. The zero-order valence-electron chi connectivity index (χ0n) is 15.2. The van der Waals surface area contributed by atoms with Gasteiger partial charge in [0.15, 0.2) is 0 Å². The van der Waals surface area contributed by atoms with Gasteiger partial charge in [-0.2, -0.15) is 0 Å². The molecule has 134 valence electrons. The van der Waals surface area contributed by atoms with Gasteiger partial charge in [-0.05, 0) is 90.8 Å². The minimum atomic E-state index is -0.761. The Balaban J connectivity index is 1.53. The Hall–Kier alpha value is -0.570. The van der Waals surface area contributed by atoms with E-state index < -0.39 is 11.0 Å². The predicted octanol–water partition coefficient (Wildman–Crippen LogP) is 2.72. The van der Waals surface area contributed by atoms with Crippen LogP contribution in [0.2, 0.25) is 0 Å². The first-order valence-corrected chi connectivity index (χ1v) is 10.9. The number of methoxy groups -OCH3 is 1. The largest absolute Gasteiger partial charge is 0.468 e. The third-order valence-corrected chi connectivity index (χ3v) is 12.2. The lowest BCUT2D eigenvalue weighted by molar-refractivity contribution is -0.262.